The van der Waals surface area contributed by atoms with E-state index in [1.807, 2.05) is 0 Å². The highest BCUT2D eigenvalue weighted by molar-refractivity contribution is 6.23. The van der Waals surface area contributed by atoms with E-state index < -0.39 is 155 Å². The maximum Gasteiger partial charge on any atom is 0.143 e. The number of hydrogen-bond donors (Lipinski definition) is 0. The Labute approximate surface area is 315 Å². The maximum atomic E-state index is 9.89. The number of benzene rings is 9. The third-order valence-electron chi connectivity index (χ3n) is 8.37. The quantitative estimate of drug-likeness (QED) is 0.174. The van der Waals surface area contributed by atoms with E-state index in [1.165, 1.54) is 0 Å². The summed E-state index contributed by atoms with van der Waals surface area (Å²) in [5.74, 6) is 0. The van der Waals surface area contributed by atoms with Gasteiger partial charge in [-0.05, 0) is 108 Å². The zero-order valence-corrected chi connectivity index (χ0v) is 25.0. The Bertz CT molecular complexity index is 3930. The van der Waals surface area contributed by atoms with Crippen LogP contribution < -0.4 is 0 Å². The van der Waals surface area contributed by atoms with E-state index in [4.69, 9.17) is 26.3 Å². The molecule has 0 unspecified atom stereocenters. The molecule has 49 heavy (non-hydrogen) atoms. The highest BCUT2D eigenvalue weighted by atomic mass is 16.3. The minimum absolute atomic E-state index is 0.0593. The number of fused-ring (bicyclic) bond motifs is 7. The molecule has 0 aliphatic carbocycles. The first-order chi connectivity index (χ1) is 33.5. The van der Waals surface area contributed by atoms with Crippen molar-refractivity contribution in [3.63, 3.8) is 0 Å². The van der Waals surface area contributed by atoms with Gasteiger partial charge in [0.25, 0.3) is 0 Å². The summed E-state index contributed by atoms with van der Waals surface area (Å²) in [6.45, 7) is 0. The van der Waals surface area contributed by atoms with Crippen LogP contribution in [0.3, 0.4) is 0 Å². The number of furan rings is 1. The predicted octanol–water partition coefficient (Wildman–Crippen LogP) is 13.7. The lowest BCUT2D eigenvalue weighted by atomic mass is 9.84. The molecule has 0 aliphatic rings. The summed E-state index contributed by atoms with van der Waals surface area (Å²) < 4.78 is 202. The van der Waals surface area contributed by atoms with Crippen molar-refractivity contribution in [3.05, 3.63) is 181 Å². The topological polar surface area (TPSA) is 13.1 Å². The minimum Gasteiger partial charge on any atom is -0.455 e. The molecule has 0 atom stereocenters. The van der Waals surface area contributed by atoms with Gasteiger partial charge in [0.05, 0.1) is 30.2 Å². The van der Waals surface area contributed by atoms with E-state index in [2.05, 4.69) is 0 Å². The average Bonchev–Trinajstić information content (AvgIpc) is 3.76. The van der Waals surface area contributed by atoms with E-state index in [-0.39, 0.29) is 76.5 Å². The number of rotatable bonds is 4. The standard InChI is InChI=1S/C48H30O/c1-3-13-31(14-4-1)35-27-36(32-15-5-2-6-16-32)29-37(28-35)47-41-21-11-9-19-39(41)46(40-20-10-12-22-42(40)47)34-24-26-45-44(30-34)43-25-23-33-17-7-8-18-38(33)48(43)49-45/h1-30H/i1D,2D,3D,4D,5D,6D,7D,8D,13D,14D,15D,16D,17D,18D,23D,24D,25D,26D,27D,28D,29D,30D. The predicted molar refractivity (Wildman–Crippen MR) is 208 cm³/mol. The molecule has 1 nitrogen and oxygen atoms in total. The molecule has 1 heteroatoms. The van der Waals surface area contributed by atoms with E-state index in [1.54, 1.807) is 48.5 Å². The average molecular weight is 645 g/mol. The largest absolute Gasteiger partial charge is 0.455 e. The second-order valence-corrected chi connectivity index (χ2v) is 11.1. The van der Waals surface area contributed by atoms with Gasteiger partial charge in [-0.2, -0.15) is 0 Å². The summed E-state index contributed by atoms with van der Waals surface area (Å²) in [5, 5.41) is -0.0694. The monoisotopic (exact) mass is 644 g/mol. The van der Waals surface area contributed by atoms with Crippen molar-refractivity contribution in [1.82, 2.24) is 0 Å². The molecule has 0 saturated heterocycles. The first-order valence-electron chi connectivity index (χ1n) is 26.1. The fraction of sp³-hybridized carbons (Fsp3) is 0. The summed E-state index contributed by atoms with van der Waals surface area (Å²) >= 11 is 0. The van der Waals surface area contributed by atoms with Crippen LogP contribution in [-0.2, 0) is 0 Å². The van der Waals surface area contributed by atoms with Crippen molar-refractivity contribution < 1.29 is 34.6 Å². The Kier molecular flexibility index (Phi) is 3.07. The molecule has 9 aromatic carbocycles. The molecule has 1 heterocycles. The molecular weight excluding hydrogens is 593 g/mol. The first kappa shape index (κ1) is 13.6. The summed E-state index contributed by atoms with van der Waals surface area (Å²) in [7, 11) is 0. The van der Waals surface area contributed by atoms with Crippen LogP contribution in [0.1, 0.15) is 30.2 Å². The Morgan fingerprint density at radius 1 is 0.347 bits per heavy atom. The Morgan fingerprint density at radius 2 is 0.878 bits per heavy atom. The van der Waals surface area contributed by atoms with Crippen LogP contribution in [0, 0.1) is 0 Å². The van der Waals surface area contributed by atoms with Crippen LogP contribution >= 0.6 is 0 Å². The zero-order valence-electron chi connectivity index (χ0n) is 47.0. The lowest BCUT2D eigenvalue weighted by Gasteiger charge is -2.19. The van der Waals surface area contributed by atoms with Crippen LogP contribution in [0.2, 0.25) is 0 Å². The molecule has 0 radical (unpaired) electrons. The molecule has 0 saturated carbocycles. The summed E-state index contributed by atoms with van der Waals surface area (Å²) in [6, 6.07) is -2.73. The van der Waals surface area contributed by atoms with Crippen molar-refractivity contribution in [2.75, 3.05) is 0 Å². The maximum absolute atomic E-state index is 9.89. The van der Waals surface area contributed by atoms with Crippen LogP contribution in [0.5, 0.6) is 0 Å². The van der Waals surface area contributed by atoms with Crippen molar-refractivity contribution in [2.24, 2.45) is 0 Å². The van der Waals surface area contributed by atoms with Gasteiger partial charge >= 0.3 is 0 Å². The molecule has 0 fully saturated rings. The van der Waals surface area contributed by atoms with Gasteiger partial charge in [0.1, 0.15) is 11.2 Å². The van der Waals surface area contributed by atoms with Gasteiger partial charge in [0.2, 0.25) is 0 Å². The normalized spacial score (nSPS) is 18.0. The molecule has 0 aliphatic heterocycles. The molecule has 228 valence electrons. The van der Waals surface area contributed by atoms with Gasteiger partial charge in [-0.1, -0.05) is 145 Å². The van der Waals surface area contributed by atoms with Crippen molar-refractivity contribution >= 4 is 54.3 Å². The lowest BCUT2D eigenvalue weighted by molar-refractivity contribution is 0.672. The smallest absolute Gasteiger partial charge is 0.143 e. The first-order valence-corrected chi connectivity index (χ1v) is 15.1. The van der Waals surface area contributed by atoms with E-state index in [0.717, 1.165) is 0 Å². The lowest BCUT2D eigenvalue weighted by Crippen LogP contribution is -1.92. The molecule has 10 aromatic rings. The summed E-state index contributed by atoms with van der Waals surface area (Å²) in [6.07, 6.45) is 0. The fourth-order valence-electron chi connectivity index (χ4n) is 6.30. The summed E-state index contributed by atoms with van der Waals surface area (Å²) in [4.78, 5) is 0. The van der Waals surface area contributed by atoms with Crippen LogP contribution in [0.4, 0.5) is 0 Å². The Hall–Kier alpha value is -6.44. The van der Waals surface area contributed by atoms with Gasteiger partial charge in [-0.25, -0.2) is 0 Å². The molecule has 0 amide bonds. The van der Waals surface area contributed by atoms with E-state index in [9.17, 15) is 8.22 Å². The zero-order chi connectivity index (χ0) is 51.5. The molecule has 0 spiro atoms. The molecule has 1 aromatic heterocycles. The highest BCUT2D eigenvalue weighted by Crippen LogP contribution is 2.46. The van der Waals surface area contributed by atoms with Crippen LogP contribution in [0.15, 0.2) is 186 Å². The highest BCUT2D eigenvalue weighted by Gasteiger charge is 2.19. The van der Waals surface area contributed by atoms with Gasteiger partial charge in [-0.3, -0.25) is 0 Å². The molecule has 0 N–H and O–H groups in total. The number of hydrogen-bond acceptors (Lipinski definition) is 1. The SMILES string of the molecule is [2H]c1c([2H])c([2H])c(-c2c([2H])c(-c3c([2H])c([2H])c([2H])c([2H])c3[2H])c([2H])c(-c3c4ccccc4c(-c4c([2H])c([2H])c5oc6c7c([2H])c([2H])c([2H])c([2H])c7c([2H])c([2H])c6c5c4[2H])c4ccccc34)c2[2H])c([2H])c1[2H]. The van der Waals surface area contributed by atoms with Gasteiger partial charge in [0, 0.05) is 16.2 Å². The van der Waals surface area contributed by atoms with Crippen molar-refractivity contribution in [1.29, 1.82) is 0 Å². The third kappa shape index (κ3) is 4.47. The third-order valence-corrected chi connectivity index (χ3v) is 8.37. The fourth-order valence-corrected chi connectivity index (χ4v) is 6.30. The second kappa shape index (κ2) is 11.1. The molecule has 0 bridgehead atoms. The van der Waals surface area contributed by atoms with Crippen LogP contribution in [0.25, 0.3) is 98.8 Å². The molecule has 10 rings (SSSR count). The van der Waals surface area contributed by atoms with E-state index in [0.29, 0.717) is 0 Å². The minimum atomic E-state index is -0.833. The van der Waals surface area contributed by atoms with E-state index >= 15 is 0 Å². The molecular formula is C48H30O. The van der Waals surface area contributed by atoms with Crippen LogP contribution in [-0.4, -0.2) is 0 Å². The second-order valence-electron chi connectivity index (χ2n) is 11.1. The Balaban J connectivity index is 1.40. The van der Waals surface area contributed by atoms with Gasteiger partial charge < -0.3 is 4.42 Å². The van der Waals surface area contributed by atoms with Gasteiger partial charge in [0.15, 0.2) is 0 Å². The summed E-state index contributed by atoms with van der Waals surface area (Å²) in [5.41, 5.74) is -3.42. The van der Waals surface area contributed by atoms with Crippen molar-refractivity contribution in [3.8, 4) is 44.5 Å². The Morgan fingerprint density at radius 3 is 1.49 bits per heavy atom. The van der Waals surface area contributed by atoms with Gasteiger partial charge in [-0.15, -0.1) is 0 Å². The van der Waals surface area contributed by atoms with Crippen molar-refractivity contribution in [2.45, 2.75) is 0 Å².